The molecule has 1 N–H and O–H groups in total. The molecule has 2 rings (SSSR count). The zero-order chi connectivity index (χ0) is 13.1. The van der Waals surface area contributed by atoms with Crippen LogP contribution in [0.3, 0.4) is 0 Å². The zero-order valence-corrected chi connectivity index (χ0v) is 12.5. The average molecular weight is 286 g/mol. The van der Waals surface area contributed by atoms with Gasteiger partial charge in [0.05, 0.1) is 0 Å². The number of benzene rings is 1. The molecule has 0 saturated heterocycles. The molecule has 1 aliphatic rings. The molecule has 0 aliphatic heterocycles. The Morgan fingerprint density at radius 1 is 1.44 bits per heavy atom. The number of nitrogens with one attached hydrogen (secondary N) is 1. The van der Waals surface area contributed by atoms with Crippen molar-refractivity contribution in [1.82, 2.24) is 0 Å². The Labute approximate surface area is 117 Å². The van der Waals surface area contributed by atoms with Crippen molar-refractivity contribution >= 4 is 28.1 Å². The second-order valence-corrected chi connectivity index (χ2v) is 7.02. The molecule has 1 aliphatic carbocycles. The van der Waals surface area contributed by atoms with E-state index in [2.05, 4.69) is 12.2 Å². The molecule has 0 spiro atoms. The molecule has 0 radical (unpaired) electrons. The number of rotatable bonds is 4. The first-order valence-corrected chi connectivity index (χ1v) is 8.52. The van der Waals surface area contributed by atoms with Gasteiger partial charge < -0.3 is 5.32 Å². The van der Waals surface area contributed by atoms with Crippen LogP contribution in [0.4, 0.5) is 5.69 Å². The molecule has 0 bridgehead atoms. The van der Waals surface area contributed by atoms with E-state index in [1.54, 1.807) is 6.26 Å². The first-order chi connectivity index (χ1) is 8.56. The summed E-state index contributed by atoms with van der Waals surface area (Å²) >= 11 is 6.12. The van der Waals surface area contributed by atoms with Crippen molar-refractivity contribution in [2.45, 2.75) is 38.0 Å². The minimum atomic E-state index is -0.858. The highest BCUT2D eigenvalue weighted by molar-refractivity contribution is 7.83. The largest absolute Gasteiger partial charge is 0.382 e. The second-order valence-electron chi connectivity index (χ2n) is 5.18. The predicted octanol–water partition coefficient (Wildman–Crippen LogP) is 3.82. The minimum Gasteiger partial charge on any atom is -0.382 e. The summed E-state index contributed by atoms with van der Waals surface area (Å²) in [5.74, 6) is 1.25. The molecule has 100 valence electrons. The smallest absolute Gasteiger partial charge is 0.0498 e. The van der Waals surface area contributed by atoms with Gasteiger partial charge in [0.1, 0.15) is 0 Å². The fourth-order valence-electron chi connectivity index (χ4n) is 2.57. The summed E-state index contributed by atoms with van der Waals surface area (Å²) < 4.78 is 11.3. The van der Waals surface area contributed by atoms with E-state index in [1.807, 2.05) is 18.2 Å². The van der Waals surface area contributed by atoms with Gasteiger partial charge in [0, 0.05) is 39.6 Å². The summed E-state index contributed by atoms with van der Waals surface area (Å²) in [5.41, 5.74) is 2.06. The van der Waals surface area contributed by atoms with E-state index >= 15 is 0 Å². The second kappa shape index (κ2) is 6.07. The minimum absolute atomic E-state index is 0.522. The molecule has 0 amide bonds. The van der Waals surface area contributed by atoms with Gasteiger partial charge in [-0.05, 0) is 42.5 Å². The lowest BCUT2D eigenvalue weighted by Gasteiger charge is -2.19. The third kappa shape index (κ3) is 3.48. The molecular formula is C14H20ClNOS. The molecule has 4 heteroatoms. The van der Waals surface area contributed by atoms with Gasteiger partial charge in [-0.25, -0.2) is 0 Å². The molecule has 0 heterocycles. The highest BCUT2D eigenvalue weighted by Crippen LogP contribution is 2.29. The fourth-order valence-corrected chi connectivity index (χ4v) is 3.51. The molecule has 1 saturated carbocycles. The van der Waals surface area contributed by atoms with Gasteiger partial charge in [-0.1, -0.05) is 24.9 Å². The van der Waals surface area contributed by atoms with E-state index < -0.39 is 10.8 Å². The summed E-state index contributed by atoms with van der Waals surface area (Å²) in [7, 11) is -0.858. The van der Waals surface area contributed by atoms with Gasteiger partial charge >= 0.3 is 0 Å². The van der Waals surface area contributed by atoms with E-state index in [1.165, 1.54) is 19.3 Å². The summed E-state index contributed by atoms with van der Waals surface area (Å²) in [6, 6.07) is 6.50. The standard InChI is InChI=1S/C14H20ClNOS/c1-10-4-3-5-14(10)16-12-6-7-13(15)11(8-12)9-18(2)17/h6-8,10,14,16H,3-5,9H2,1-2H3/t10-,14-,18+/m1/s1. The summed E-state index contributed by atoms with van der Waals surface area (Å²) in [6.07, 6.45) is 5.55. The van der Waals surface area contributed by atoms with Gasteiger partial charge in [-0.2, -0.15) is 0 Å². The topological polar surface area (TPSA) is 29.1 Å². The monoisotopic (exact) mass is 285 g/mol. The van der Waals surface area contributed by atoms with Gasteiger partial charge in [0.25, 0.3) is 0 Å². The zero-order valence-electron chi connectivity index (χ0n) is 10.9. The Kier molecular flexibility index (Phi) is 4.68. The Morgan fingerprint density at radius 2 is 2.22 bits per heavy atom. The normalized spacial score (nSPS) is 25.1. The molecule has 18 heavy (non-hydrogen) atoms. The lowest BCUT2D eigenvalue weighted by molar-refractivity contribution is 0.556. The van der Waals surface area contributed by atoms with Crippen molar-refractivity contribution in [3.8, 4) is 0 Å². The first kappa shape index (κ1) is 13.9. The summed E-state index contributed by atoms with van der Waals surface area (Å²) in [6.45, 7) is 2.29. The molecule has 1 aromatic carbocycles. The van der Waals surface area contributed by atoms with Gasteiger partial charge in [-0.15, -0.1) is 0 Å². The maximum absolute atomic E-state index is 11.3. The Morgan fingerprint density at radius 3 is 2.83 bits per heavy atom. The van der Waals surface area contributed by atoms with Crippen LogP contribution < -0.4 is 5.32 Å². The first-order valence-electron chi connectivity index (χ1n) is 6.41. The van der Waals surface area contributed by atoms with E-state index in [4.69, 9.17) is 11.6 Å². The number of hydrogen-bond donors (Lipinski definition) is 1. The third-order valence-corrected chi connectivity index (χ3v) is 4.70. The van der Waals surface area contributed by atoms with Gasteiger partial charge in [0.2, 0.25) is 0 Å². The fraction of sp³-hybridized carbons (Fsp3) is 0.571. The molecule has 0 aromatic heterocycles. The van der Waals surface area contributed by atoms with Crippen LogP contribution in [0.15, 0.2) is 18.2 Å². The maximum Gasteiger partial charge on any atom is 0.0498 e. The molecule has 1 aromatic rings. The highest BCUT2D eigenvalue weighted by atomic mass is 35.5. The number of anilines is 1. The average Bonchev–Trinajstić information content (AvgIpc) is 2.69. The Bertz CT molecular complexity index is 449. The van der Waals surface area contributed by atoms with Crippen LogP contribution in [0.2, 0.25) is 5.02 Å². The Balaban J connectivity index is 2.11. The molecule has 1 fully saturated rings. The molecule has 0 unspecified atom stereocenters. The SMILES string of the molecule is C[C@@H]1CCC[C@H]1Nc1ccc(Cl)c(C[S@](C)=O)c1. The van der Waals surface area contributed by atoms with Crippen LogP contribution in [0, 0.1) is 5.92 Å². The van der Waals surface area contributed by atoms with Crippen LogP contribution in [-0.4, -0.2) is 16.5 Å². The van der Waals surface area contributed by atoms with Crippen molar-refractivity contribution in [2.75, 3.05) is 11.6 Å². The molecular weight excluding hydrogens is 266 g/mol. The van der Waals surface area contributed by atoms with Crippen molar-refractivity contribution in [3.05, 3.63) is 28.8 Å². The van der Waals surface area contributed by atoms with Crippen LogP contribution in [-0.2, 0) is 16.6 Å². The molecule has 3 atom stereocenters. The molecule has 2 nitrogen and oxygen atoms in total. The van der Waals surface area contributed by atoms with Crippen molar-refractivity contribution in [1.29, 1.82) is 0 Å². The van der Waals surface area contributed by atoms with Crippen molar-refractivity contribution in [2.24, 2.45) is 5.92 Å². The highest BCUT2D eigenvalue weighted by Gasteiger charge is 2.23. The van der Waals surface area contributed by atoms with Crippen LogP contribution in [0.1, 0.15) is 31.7 Å². The summed E-state index contributed by atoms with van der Waals surface area (Å²) in [5, 5.41) is 4.28. The Hall–Kier alpha value is -0.540. The van der Waals surface area contributed by atoms with Crippen LogP contribution >= 0.6 is 11.6 Å². The van der Waals surface area contributed by atoms with Crippen LogP contribution in [0.25, 0.3) is 0 Å². The predicted molar refractivity (Wildman–Crippen MR) is 79.6 cm³/mol. The lowest BCUT2D eigenvalue weighted by atomic mass is 10.1. The number of hydrogen-bond acceptors (Lipinski definition) is 2. The van der Waals surface area contributed by atoms with E-state index in [0.29, 0.717) is 16.8 Å². The van der Waals surface area contributed by atoms with Gasteiger partial charge in [0.15, 0.2) is 0 Å². The van der Waals surface area contributed by atoms with E-state index in [-0.39, 0.29) is 0 Å². The third-order valence-electron chi connectivity index (χ3n) is 3.62. The summed E-state index contributed by atoms with van der Waals surface area (Å²) in [4.78, 5) is 0. The van der Waals surface area contributed by atoms with Crippen molar-refractivity contribution in [3.63, 3.8) is 0 Å². The van der Waals surface area contributed by atoms with Gasteiger partial charge in [-0.3, -0.25) is 4.21 Å². The van der Waals surface area contributed by atoms with E-state index in [9.17, 15) is 4.21 Å². The van der Waals surface area contributed by atoms with E-state index in [0.717, 1.165) is 17.2 Å². The van der Waals surface area contributed by atoms with Crippen LogP contribution in [0.5, 0.6) is 0 Å². The number of halogens is 1. The maximum atomic E-state index is 11.3. The lowest BCUT2D eigenvalue weighted by Crippen LogP contribution is -2.21. The quantitative estimate of drug-likeness (QED) is 0.911. The van der Waals surface area contributed by atoms with Crippen molar-refractivity contribution < 1.29 is 4.21 Å².